The lowest BCUT2D eigenvalue weighted by atomic mass is 10.0. The Hall–Kier alpha value is -0.510. The van der Waals surface area contributed by atoms with Crippen molar-refractivity contribution in [2.75, 3.05) is 12.4 Å². The van der Waals surface area contributed by atoms with E-state index >= 15 is 0 Å². The molecule has 1 heterocycles. The molecule has 3 heteroatoms. The maximum Gasteiger partial charge on any atom is 0.0666 e. The molecule has 2 rings (SSSR count). The number of hydrogen-bond acceptors (Lipinski definition) is 3. The highest BCUT2D eigenvalue weighted by Gasteiger charge is 2.25. The highest BCUT2D eigenvalue weighted by Crippen LogP contribution is 2.29. The first-order chi connectivity index (χ1) is 8.18. The van der Waals surface area contributed by atoms with Crippen molar-refractivity contribution < 1.29 is 4.74 Å². The van der Waals surface area contributed by atoms with Crippen LogP contribution >= 0.6 is 11.8 Å². The maximum atomic E-state index is 6.26. The Morgan fingerprint density at radius 1 is 1.47 bits per heavy atom. The van der Waals surface area contributed by atoms with E-state index in [4.69, 9.17) is 10.5 Å². The van der Waals surface area contributed by atoms with Gasteiger partial charge in [-0.1, -0.05) is 24.3 Å². The van der Waals surface area contributed by atoms with Crippen molar-refractivity contribution in [3.8, 4) is 0 Å². The van der Waals surface area contributed by atoms with E-state index in [2.05, 4.69) is 38.1 Å². The molecule has 94 valence electrons. The third kappa shape index (κ3) is 3.24. The Morgan fingerprint density at radius 3 is 2.88 bits per heavy atom. The second-order valence-electron chi connectivity index (χ2n) is 4.70. The van der Waals surface area contributed by atoms with Gasteiger partial charge in [0, 0.05) is 23.7 Å². The van der Waals surface area contributed by atoms with Crippen LogP contribution in [0.25, 0.3) is 0 Å². The topological polar surface area (TPSA) is 35.2 Å². The van der Waals surface area contributed by atoms with Crippen molar-refractivity contribution >= 4 is 11.8 Å². The highest BCUT2D eigenvalue weighted by molar-refractivity contribution is 8.00. The van der Waals surface area contributed by atoms with Gasteiger partial charge in [-0.3, -0.25) is 0 Å². The normalized spacial score (nSPS) is 26.1. The van der Waals surface area contributed by atoms with Crippen LogP contribution in [-0.2, 0) is 4.74 Å². The highest BCUT2D eigenvalue weighted by atomic mass is 32.2. The minimum Gasteiger partial charge on any atom is -0.377 e. The first kappa shape index (κ1) is 12.9. The first-order valence-electron chi connectivity index (χ1n) is 6.23. The van der Waals surface area contributed by atoms with Gasteiger partial charge in [0.05, 0.1) is 6.10 Å². The molecule has 1 saturated heterocycles. The fraction of sp³-hybridized carbons (Fsp3) is 0.571. The van der Waals surface area contributed by atoms with Crippen LogP contribution in [0.15, 0.2) is 24.3 Å². The zero-order chi connectivity index (χ0) is 12.3. The Morgan fingerprint density at radius 2 is 2.24 bits per heavy atom. The molecular weight excluding hydrogens is 230 g/mol. The molecule has 1 aromatic carbocycles. The summed E-state index contributed by atoms with van der Waals surface area (Å²) in [7, 11) is 0. The second kappa shape index (κ2) is 5.89. The summed E-state index contributed by atoms with van der Waals surface area (Å²) < 4.78 is 5.57. The van der Waals surface area contributed by atoms with Gasteiger partial charge in [-0.15, -0.1) is 0 Å². The predicted molar refractivity (Wildman–Crippen MR) is 74.4 cm³/mol. The summed E-state index contributed by atoms with van der Waals surface area (Å²) in [4.78, 5) is 0. The molecule has 1 aliphatic heterocycles. The quantitative estimate of drug-likeness (QED) is 0.893. The molecule has 0 amide bonds. The Bertz CT molecular complexity index is 369. The third-order valence-corrected chi connectivity index (χ3v) is 4.98. The van der Waals surface area contributed by atoms with E-state index in [-0.39, 0.29) is 6.04 Å². The molecule has 17 heavy (non-hydrogen) atoms. The summed E-state index contributed by atoms with van der Waals surface area (Å²) in [5.41, 5.74) is 8.82. The molecule has 2 nitrogen and oxygen atoms in total. The van der Waals surface area contributed by atoms with Gasteiger partial charge in [0.2, 0.25) is 0 Å². The molecule has 0 aromatic heterocycles. The largest absolute Gasteiger partial charge is 0.377 e. The van der Waals surface area contributed by atoms with E-state index in [1.165, 1.54) is 11.1 Å². The second-order valence-corrected chi connectivity index (χ2v) is 5.97. The first-order valence-corrected chi connectivity index (χ1v) is 7.27. The van der Waals surface area contributed by atoms with E-state index < -0.39 is 0 Å². The van der Waals surface area contributed by atoms with Gasteiger partial charge < -0.3 is 10.5 Å². The number of nitrogens with two attached hydrogens (primary N) is 1. The van der Waals surface area contributed by atoms with Gasteiger partial charge in [0.25, 0.3) is 0 Å². The zero-order valence-electron chi connectivity index (χ0n) is 10.6. The van der Waals surface area contributed by atoms with Gasteiger partial charge in [-0.2, -0.15) is 11.8 Å². The Balaban J connectivity index is 1.89. The van der Waals surface area contributed by atoms with Crippen LogP contribution in [0.1, 0.15) is 30.5 Å². The van der Waals surface area contributed by atoms with Crippen molar-refractivity contribution in [1.29, 1.82) is 0 Å². The van der Waals surface area contributed by atoms with Gasteiger partial charge in [0.15, 0.2) is 0 Å². The summed E-state index contributed by atoms with van der Waals surface area (Å²) in [5, 5.41) is 0.616. The molecule has 3 unspecified atom stereocenters. The van der Waals surface area contributed by atoms with E-state index in [0.29, 0.717) is 11.4 Å². The molecule has 1 aliphatic rings. The van der Waals surface area contributed by atoms with Crippen LogP contribution in [0.5, 0.6) is 0 Å². The fourth-order valence-electron chi connectivity index (χ4n) is 2.25. The average molecular weight is 251 g/mol. The summed E-state index contributed by atoms with van der Waals surface area (Å²) in [6.07, 6.45) is 1.54. The minimum atomic E-state index is 0.133. The minimum absolute atomic E-state index is 0.133. The molecule has 0 aliphatic carbocycles. The molecule has 0 spiro atoms. The smallest absolute Gasteiger partial charge is 0.0666 e. The number of aryl methyl sites for hydroxylation is 1. The summed E-state index contributed by atoms with van der Waals surface area (Å²) in [6, 6.07) is 8.52. The monoisotopic (exact) mass is 251 g/mol. The number of hydrogen-bond donors (Lipinski definition) is 1. The summed E-state index contributed by atoms with van der Waals surface area (Å²) in [6.45, 7) is 5.18. The number of rotatable bonds is 4. The molecule has 3 atom stereocenters. The SMILES string of the molecule is Cc1ccccc1C(N)CSC1CCOC1C. The number of benzene rings is 1. The van der Waals surface area contributed by atoms with Crippen LogP contribution in [0.3, 0.4) is 0 Å². The maximum absolute atomic E-state index is 6.26. The van der Waals surface area contributed by atoms with Gasteiger partial charge in [-0.25, -0.2) is 0 Å². The van der Waals surface area contributed by atoms with Gasteiger partial charge in [-0.05, 0) is 31.4 Å². The standard InChI is InChI=1S/C14H21NOS/c1-10-5-3-4-6-12(10)13(15)9-17-14-7-8-16-11(14)2/h3-6,11,13-14H,7-9,15H2,1-2H3. The predicted octanol–water partition coefficient (Wildman–Crippen LogP) is 2.91. The van der Waals surface area contributed by atoms with Crippen LogP contribution in [0.4, 0.5) is 0 Å². The van der Waals surface area contributed by atoms with Crippen molar-refractivity contribution in [3.05, 3.63) is 35.4 Å². The van der Waals surface area contributed by atoms with Gasteiger partial charge in [0.1, 0.15) is 0 Å². The van der Waals surface area contributed by atoms with E-state index in [0.717, 1.165) is 18.8 Å². The molecule has 1 aromatic rings. The summed E-state index contributed by atoms with van der Waals surface area (Å²) >= 11 is 1.95. The zero-order valence-corrected chi connectivity index (χ0v) is 11.4. The number of ether oxygens (including phenoxy) is 1. The third-order valence-electron chi connectivity index (χ3n) is 3.38. The van der Waals surface area contributed by atoms with Gasteiger partial charge >= 0.3 is 0 Å². The lowest BCUT2D eigenvalue weighted by Gasteiger charge is -2.18. The van der Waals surface area contributed by atoms with Crippen LogP contribution < -0.4 is 5.73 Å². The Labute approximate surface area is 108 Å². The van der Waals surface area contributed by atoms with Crippen molar-refractivity contribution in [3.63, 3.8) is 0 Å². The molecular formula is C14H21NOS. The van der Waals surface area contributed by atoms with E-state index in [1.807, 2.05) is 11.8 Å². The van der Waals surface area contributed by atoms with Crippen molar-refractivity contribution in [2.24, 2.45) is 5.73 Å². The lowest BCUT2D eigenvalue weighted by molar-refractivity contribution is 0.127. The Kier molecular flexibility index (Phi) is 4.48. The number of thioether (sulfide) groups is 1. The average Bonchev–Trinajstić information content (AvgIpc) is 2.72. The van der Waals surface area contributed by atoms with E-state index in [1.54, 1.807) is 0 Å². The lowest BCUT2D eigenvalue weighted by Crippen LogP contribution is -2.19. The fourth-order valence-corrected chi connectivity index (χ4v) is 3.50. The van der Waals surface area contributed by atoms with Crippen molar-refractivity contribution in [1.82, 2.24) is 0 Å². The van der Waals surface area contributed by atoms with Crippen LogP contribution in [-0.4, -0.2) is 23.7 Å². The molecule has 0 radical (unpaired) electrons. The van der Waals surface area contributed by atoms with Crippen LogP contribution in [0.2, 0.25) is 0 Å². The summed E-state index contributed by atoms with van der Waals surface area (Å²) in [5.74, 6) is 0.975. The van der Waals surface area contributed by atoms with E-state index in [9.17, 15) is 0 Å². The molecule has 0 bridgehead atoms. The molecule has 2 N–H and O–H groups in total. The van der Waals surface area contributed by atoms with Crippen LogP contribution in [0, 0.1) is 6.92 Å². The molecule has 1 fully saturated rings. The molecule has 0 saturated carbocycles. The van der Waals surface area contributed by atoms with Crippen molar-refractivity contribution in [2.45, 2.75) is 37.7 Å².